The second-order valence-electron chi connectivity index (χ2n) is 5.61. The summed E-state index contributed by atoms with van der Waals surface area (Å²) in [5.74, 6) is 1.32. The minimum atomic E-state index is 0. The van der Waals surface area contributed by atoms with E-state index in [0.717, 1.165) is 25.1 Å². The summed E-state index contributed by atoms with van der Waals surface area (Å²) in [6, 6.07) is 9.78. The third kappa shape index (κ3) is 5.01. The van der Waals surface area contributed by atoms with Gasteiger partial charge in [-0.2, -0.15) is 0 Å². The summed E-state index contributed by atoms with van der Waals surface area (Å²) in [6.45, 7) is 2.10. The summed E-state index contributed by atoms with van der Waals surface area (Å²) in [5, 5.41) is 6.18. The molecule has 0 spiro atoms. The van der Waals surface area contributed by atoms with Crippen molar-refractivity contribution in [3.63, 3.8) is 0 Å². The van der Waals surface area contributed by atoms with Crippen molar-refractivity contribution in [1.82, 2.24) is 15.3 Å². The SMILES string of the molecule is Cl.O=C(CCC1CCNC1)Nc1cnc(-c2ccccc2)nc1. The predicted octanol–water partition coefficient (Wildman–Crippen LogP) is 2.89. The van der Waals surface area contributed by atoms with E-state index in [1.165, 1.54) is 6.42 Å². The molecule has 1 aliphatic rings. The van der Waals surface area contributed by atoms with E-state index in [4.69, 9.17) is 0 Å². The van der Waals surface area contributed by atoms with E-state index in [0.29, 0.717) is 23.9 Å². The minimum Gasteiger partial charge on any atom is -0.323 e. The molecule has 1 unspecified atom stereocenters. The van der Waals surface area contributed by atoms with Gasteiger partial charge in [0, 0.05) is 12.0 Å². The maximum atomic E-state index is 11.9. The Morgan fingerprint density at radius 1 is 1.22 bits per heavy atom. The summed E-state index contributed by atoms with van der Waals surface area (Å²) in [5.41, 5.74) is 1.61. The Morgan fingerprint density at radius 2 is 1.96 bits per heavy atom. The molecule has 0 bridgehead atoms. The van der Waals surface area contributed by atoms with Crippen molar-refractivity contribution in [2.24, 2.45) is 5.92 Å². The highest BCUT2D eigenvalue weighted by Gasteiger charge is 2.15. The number of rotatable bonds is 5. The fourth-order valence-corrected chi connectivity index (χ4v) is 2.65. The number of hydrogen-bond donors (Lipinski definition) is 2. The molecule has 0 radical (unpaired) electrons. The highest BCUT2D eigenvalue weighted by atomic mass is 35.5. The third-order valence-electron chi connectivity index (χ3n) is 3.91. The lowest BCUT2D eigenvalue weighted by Gasteiger charge is -2.08. The van der Waals surface area contributed by atoms with E-state index < -0.39 is 0 Å². The lowest BCUT2D eigenvalue weighted by atomic mass is 10.0. The molecule has 2 N–H and O–H groups in total. The number of hydrogen-bond acceptors (Lipinski definition) is 4. The van der Waals surface area contributed by atoms with E-state index >= 15 is 0 Å². The van der Waals surface area contributed by atoms with Crippen molar-refractivity contribution in [1.29, 1.82) is 0 Å². The van der Waals surface area contributed by atoms with Crippen molar-refractivity contribution in [2.45, 2.75) is 19.3 Å². The van der Waals surface area contributed by atoms with Crippen LogP contribution in [0.2, 0.25) is 0 Å². The Balaban J connectivity index is 0.00000192. The maximum absolute atomic E-state index is 11.9. The van der Waals surface area contributed by atoms with Gasteiger partial charge >= 0.3 is 0 Å². The van der Waals surface area contributed by atoms with Gasteiger partial charge in [0.1, 0.15) is 0 Å². The highest BCUT2D eigenvalue weighted by Crippen LogP contribution is 2.17. The van der Waals surface area contributed by atoms with Gasteiger partial charge < -0.3 is 10.6 Å². The maximum Gasteiger partial charge on any atom is 0.224 e. The first-order valence-electron chi connectivity index (χ1n) is 7.69. The van der Waals surface area contributed by atoms with E-state index in [1.807, 2.05) is 30.3 Å². The molecular weight excluding hydrogens is 312 g/mol. The fraction of sp³-hybridized carbons (Fsp3) is 0.353. The molecule has 5 nitrogen and oxygen atoms in total. The zero-order chi connectivity index (χ0) is 15.2. The van der Waals surface area contributed by atoms with Crippen molar-refractivity contribution in [3.05, 3.63) is 42.7 Å². The first-order chi connectivity index (χ1) is 10.8. The largest absolute Gasteiger partial charge is 0.323 e. The van der Waals surface area contributed by atoms with Gasteiger partial charge in [-0.15, -0.1) is 12.4 Å². The van der Waals surface area contributed by atoms with Crippen LogP contribution < -0.4 is 10.6 Å². The second-order valence-corrected chi connectivity index (χ2v) is 5.61. The van der Waals surface area contributed by atoms with Gasteiger partial charge in [-0.25, -0.2) is 9.97 Å². The number of benzene rings is 1. The summed E-state index contributed by atoms with van der Waals surface area (Å²) in [6.07, 6.45) is 5.96. The van der Waals surface area contributed by atoms with Crippen molar-refractivity contribution in [3.8, 4) is 11.4 Å². The van der Waals surface area contributed by atoms with Crippen LogP contribution in [0, 0.1) is 5.92 Å². The van der Waals surface area contributed by atoms with Gasteiger partial charge in [0.05, 0.1) is 18.1 Å². The molecule has 1 aliphatic heterocycles. The molecule has 6 heteroatoms. The van der Waals surface area contributed by atoms with E-state index in [1.54, 1.807) is 12.4 Å². The van der Waals surface area contributed by atoms with Crippen LogP contribution in [0.5, 0.6) is 0 Å². The lowest BCUT2D eigenvalue weighted by molar-refractivity contribution is -0.116. The van der Waals surface area contributed by atoms with Crippen molar-refractivity contribution < 1.29 is 4.79 Å². The average Bonchev–Trinajstić information content (AvgIpc) is 3.08. The smallest absolute Gasteiger partial charge is 0.224 e. The standard InChI is InChI=1S/C17H20N4O.ClH/c22-16(7-6-13-8-9-18-10-13)21-15-11-19-17(20-12-15)14-4-2-1-3-5-14;/h1-5,11-13,18H,6-10H2,(H,21,22);1H. The molecule has 122 valence electrons. The Hall–Kier alpha value is -1.98. The number of carbonyl (C=O) groups is 1. The van der Waals surface area contributed by atoms with Crippen LogP contribution in [0.1, 0.15) is 19.3 Å². The monoisotopic (exact) mass is 332 g/mol. The van der Waals surface area contributed by atoms with Gasteiger partial charge in [-0.1, -0.05) is 30.3 Å². The van der Waals surface area contributed by atoms with Gasteiger partial charge in [-0.05, 0) is 31.8 Å². The number of amides is 1. The molecule has 2 heterocycles. The summed E-state index contributed by atoms with van der Waals surface area (Å²) in [4.78, 5) is 20.5. The molecule has 0 saturated carbocycles. The Labute approximate surface area is 142 Å². The van der Waals surface area contributed by atoms with E-state index in [9.17, 15) is 4.79 Å². The van der Waals surface area contributed by atoms with Crippen molar-refractivity contribution in [2.75, 3.05) is 18.4 Å². The quantitative estimate of drug-likeness (QED) is 0.883. The van der Waals surface area contributed by atoms with E-state index in [-0.39, 0.29) is 18.3 Å². The van der Waals surface area contributed by atoms with Crippen LogP contribution in [-0.4, -0.2) is 29.0 Å². The van der Waals surface area contributed by atoms with Gasteiger partial charge in [0.25, 0.3) is 0 Å². The predicted molar refractivity (Wildman–Crippen MR) is 93.6 cm³/mol. The molecule has 1 aromatic heterocycles. The molecule has 3 rings (SSSR count). The molecule has 2 aromatic rings. The van der Waals surface area contributed by atoms with Crippen LogP contribution in [0.15, 0.2) is 42.7 Å². The van der Waals surface area contributed by atoms with Crippen LogP contribution in [0.3, 0.4) is 0 Å². The number of carbonyl (C=O) groups excluding carboxylic acids is 1. The molecule has 1 aromatic carbocycles. The van der Waals surface area contributed by atoms with Crippen LogP contribution >= 0.6 is 12.4 Å². The van der Waals surface area contributed by atoms with E-state index in [2.05, 4.69) is 20.6 Å². The summed E-state index contributed by atoms with van der Waals surface area (Å²) in [7, 11) is 0. The van der Waals surface area contributed by atoms with Crippen LogP contribution in [-0.2, 0) is 4.79 Å². The number of nitrogens with zero attached hydrogens (tertiary/aromatic N) is 2. The van der Waals surface area contributed by atoms with Gasteiger partial charge in [0.15, 0.2) is 5.82 Å². The van der Waals surface area contributed by atoms with Crippen LogP contribution in [0.4, 0.5) is 5.69 Å². The topological polar surface area (TPSA) is 66.9 Å². The molecule has 1 saturated heterocycles. The average molecular weight is 333 g/mol. The molecular formula is C17H21ClN4O. The molecule has 1 fully saturated rings. The number of halogens is 1. The number of aromatic nitrogens is 2. The minimum absolute atomic E-state index is 0. The first-order valence-corrected chi connectivity index (χ1v) is 7.69. The highest BCUT2D eigenvalue weighted by molar-refractivity contribution is 5.90. The van der Waals surface area contributed by atoms with Crippen molar-refractivity contribution >= 4 is 24.0 Å². The molecule has 0 aliphatic carbocycles. The first kappa shape index (κ1) is 17.4. The third-order valence-corrected chi connectivity index (χ3v) is 3.91. The fourth-order valence-electron chi connectivity index (χ4n) is 2.65. The zero-order valence-electron chi connectivity index (χ0n) is 12.9. The zero-order valence-corrected chi connectivity index (χ0v) is 13.7. The Bertz CT molecular complexity index is 612. The number of anilines is 1. The molecule has 23 heavy (non-hydrogen) atoms. The second kappa shape index (κ2) is 8.60. The molecule has 1 amide bonds. The van der Waals surface area contributed by atoms with Gasteiger partial charge in [0.2, 0.25) is 5.91 Å². The molecule has 1 atom stereocenters. The normalized spacial score (nSPS) is 16.6. The van der Waals surface area contributed by atoms with Gasteiger partial charge in [-0.3, -0.25) is 4.79 Å². The Kier molecular flexibility index (Phi) is 6.50. The number of nitrogens with one attached hydrogen (secondary N) is 2. The summed E-state index contributed by atoms with van der Waals surface area (Å²) < 4.78 is 0. The van der Waals surface area contributed by atoms with Crippen LogP contribution in [0.25, 0.3) is 11.4 Å². The summed E-state index contributed by atoms with van der Waals surface area (Å²) >= 11 is 0. The lowest BCUT2D eigenvalue weighted by Crippen LogP contribution is -2.15. The Morgan fingerprint density at radius 3 is 2.61 bits per heavy atom.